The number of halogens is 3. The summed E-state index contributed by atoms with van der Waals surface area (Å²) in [7, 11) is -3.19. The number of nitrogens with one attached hydrogen (secondary N) is 2. The van der Waals surface area contributed by atoms with E-state index in [2.05, 4.69) is 19.4 Å². The molecule has 0 atom stereocenters. The van der Waals surface area contributed by atoms with Crippen LogP contribution in [0, 0.1) is 5.92 Å². The molecule has 156 valence electrons. The lowest BCUT2D eigenvalue weighted by Crippen LogP contribution is -2.34. The Balaban J connectivity index is 1.54. The Labute approximate surface area is 160 Å². The van der Waals surface area contributed by atoms with Crippen molar-refractivity contribution in [1.82, 2.24) is 14.7 Å². The fourth-order valence-electron chi connectivity index (χ4n) is 3.18. The minimum absolute atomic E-state index is 0.0627. The number of fused-ring (bicyclic) bond motifs is 1. The molecule has 2 aromatic rings. The van der Waals surface area contributed by atoms with E-state index in [1.54, 1.807) is 6.92 Å². The fourth-order valence-corrected chi connectivity index (χ4v) is 3.87. The number of nitrogens with zero attached hydrogens (tertiary/aromatic N) is 1. The van der Waals surface area contributed by atoms with Crippen molar-refractivity contribution in [3.63, 3.8) is 0 Å². The van der Waals surface area contributed by atoms with Gasteiger partial charge in [-0.05, 0) is 50.7 Å². The lowest BCUT2D eigenvalue weighted by Gasteiger charge is -2.28. The highest BCUT2D eigenvalue weighted by molar-refractivity contribution is 7.89. The molecule has 0 amide bonds. The molecule has 0 spiro atoms. The van der Waals surface area contributed by atoms with Gasteiger partial charge in [-0.1, -0.05) is 0 Å². The minimum atomic E-state index is -4.75. The molecule has 0 unspecified atom stereocenters. The van der Waals surface area contributed by atoms with Crippen LogP contribution in [0.1, 0.15) is 32.6 Å². The van der Waals surface area contributed by atoms with E-state index in [1.807, 2.05) is 0 Å². The molecule has 1 fully saturated rings. The van der Waals surface area contributed by atoms with Gasteiger partial charge in [-0.3, -0.25) is 0 Å². The van der Waals surface area contributed by atoms with E-state index in [0.29, 0.717) is 17.6 Å². The molecule has 0 aliphatic heterocycles. The molecule has 7 nitrogen and oxygen atoms in total. The summed E-state index contributed by atoms with van der Waals surface area (Å²) in [5.74, 6) is -0.00286. The molecule has 28 heavy (non-hydrogen) atoms. The van der Waals surface area contributed by atoms with E-state index in [1.165, 1.54) is 18.2 Å². The van der Waals surface area contributed by atoms with Crippen LogP contribution in [0.4, 0.5) is 13.2 Å². The smallest absolute Gasteiger partial charge is 0.461 e. The van der Waals surface area contributed by atoms with Gasteiger partial charge in [0.2, 0.25) is 10.0 Å². The van der Waals surface area contributed by atoms with E-state index in [-0.39, 0.29) is 29.5 Å². The maximum absolute atomic E-state index is 12.3. The summed E-state index contributed by atoms with van der Waals surface area (Å²) < 4.78 is 72.3. The first-order chi connectivity index (χ1) is 13.1. The third-order valence-corrected chi connectivity index (χ3v) is 6.08. The zero-order chi connectivity index (χ0) is 20.4. The molecule has 3 rings (SSSR count). The quantitative estimate of drug-likeness (QED) is 0.715. The number of sulfonamides is 1. The van der Waals surface area contributed by atoms with Crippen molar-refractivity contribution in [2.24, 2.45) is 5.92 Å². The van der Waals surface area contributed by atoms with Crippen LogP contribution in [0.25, 0.3) is 11.0 Å². The number of rotatable bonds is 7. The van der Waals surface area contributed by atoms with Crippen molar-refractivity contribution in [2.45, 2.75) is 45.1 Å². The van der Waals surface area contributed by atoms with Gasteiger partial charge in [0.15, 0.2) is 0 Å². The minimum Gasteiger partial charge on any atom is -0.461 e. The highest BCUT2D eigenvalue weighted by atomic mass is 32.2. The Bertz CT molecular complexity index is 906. The van der Waals surface area contributed by atoms with Crippen LogP contribution >= 0.6 is 0 Å². The lowest BCUT2D eigenvalue weighted by atomic mass is 9.87. The van der Waals surface area contributed by atoms with Crippen LogP contribution in [0.2, 0.25) is 0 Å². The van der Waals surface area contributed by atoms with E-state index in [9.17, 15) is 21.6 Å². The Morgan fingerprint density at radius 2 is 1.96 bits per heavy atom. The first kappa shape index (κ1) is 20.7. The Morgan fingerprint density at radius 1 is 1.25 bits per heavy atom. The van der Waals surface area contributed by atoms with E-state index in [4.69, 9.17) is 4.74 Å². The second-order valence-corrected chi connectivity index (χ2v) is 8.88. The molecule has 0 saturated heterocycles. The molecule has 1 aromatic carbocycles. The molecule has 1 heterocycles. The van der Waals surface area contributed by atoms with Gasteiger partial charge in [-0.25, -0.2) is 13.1 Å². The monoisotopic (exact) mass is 421 g/mol. The predicted octanol–water partition coefficient (Wildman–Crippen LogP) is 3.34. The molecule has 2 N–H and O–H groups in total. The second kappa shape index (κ2) is 8.16. The average Bonchev–Trinajstić information content (AvgIpc) is 3.01. The predicted molar refractivity (Wildman–Crippen MR) is 96.6 cm³/mol. The second-order valence-electron chi connectivity index (χ2n) is 6.78. The van der Waals surface area contributed by atoms with Gasteiger partial charge in [0.25, 0.3) is 6.01 Å². The van der Waals surface area contributed by atoms with E-state index in [0.717, 1.165) is 25.7 Å². The summed E-state index contributed by atoms with van der Waals surface area (Å²) >= 11 is 0. The van der Waals surface area contributed by atoms with Crippen LogP contribution in [-0.4, -0.2) is 43.1 Å². The van der Waals surface area contributed by atoms with Crippen molar-refractivity contribution >= 4 is 21.1 Å². The summed E-state index contributed by atoms with van der Waals surface area (Å²) in [5, 5.41) is 0. The summed E-state index contributed by atoms with van der Waals surface area (Å²) in [5.41, 5.74) is 0.867. The standard InChI is InChI=1S/C17H22F3N3O4S/c1-2-28(24,25)21-10-11-3-5-12(6-4-11)26-16-22-14-8-7-13(9-15(14)23-16)27-17(18,19)20/h7-9,11-12,21H,2-6,10H2,1H3,(H,22,23). The third-order valence-electron chi connectivity index (χ3n) is 4.71. The van der Waals surface area contributed by atoms with Gasteiger partial charge in [-0.2, -0.15) is 4.98 Å². The third kappa shape index (κ3) is 5.74. The number of aromatic nitrogens is 2. The topological polar surface area (TPSA) is 93.3 Å². The maximum atomic E-state index is 12.3. The molecule has 1 saturated carbocycles. The molecule has 0 bridgehead atoms. The van der Waals surface area contributed by atoms with Crippen LogP contribution in [0.15, 0.2) is 18.2 Å². The summed E-state index contributed by atoms with van der Waals surface area (Å²) in [6.45, 7) is 2.02. The van der Waals surface area contributed by atoms with Crippen molar-refractivity contribution in [3.8, 4) is 11.8 Å². The van der Waals surface area contributed by atoms with E-state index < -0.39 is 16.4 Å². The number of aromatic amines is 1. The molecule has 11 heteroatoms. The van der Waals surface area contributed by atoms with Gasteiger partial charge in [0.1, 0.15) is 11.9 Å². The van der Waals surface area contributed by atoms with Gasteiger partial charge >= 0.3 is 6.36 Å². The zero-order valence-corrected chi connectivity index (χ0v) is 16.1. The molecule has 0 radical (unpaired) electrons. The Kier molecular flexibility index (Phi) is 6.04. The number of imidazole rings is 1. The van der Waals surface area contributed by atoms with E-state index >= 15 is 0 Å². The first-order valence-corrected chi connectivity index (χ1v) is 10.7. The number of alkyl halides is 3. The van der Waals surface area contributed by atoms with Crippen LogP contribution < -0.4 is 14.2 Å². The average molecular weight is 421 g/mol. The summed E-state index contributed by atoms with van der Waals surface area (Å²) in [6.07, 6.45) is -1.69. The summed E-state index contributed by atoms with van der Waals surface area (Å²) in [6, 6.07) is 4.09. The van der Waals surface area contributed by atoms with Gasteiger partial charge in [-0.15, -0.1) is 13.2 Å². The normalized spacial score (nSPS) is 21.0. The molecule has 1 aliphatic carbocycles. The van der Waals surface area contributed by atoms with Gasteiger partial charge in [0, 0.05) is 12.6 Å². The van der Waals surface area contributed by atoms with Crippen molar-refractivity contribution < 1.29 is 31.1 Å². The van der Waals surface area contributed by atoms with Crippen molar-refractivity contribution in [2.75, 3.05) is 12.3 Å². The molecular weight excluding hydrogens is 399 g/mol. The molecule has 1 aromatic heterocycles. The Morgan fingerprint density at radius 3 is 2.61 bits per heavy atom. The van der Waals surface area contributed by atoms with Crippen LogP contribution in [0.3, 0.4) is 0 Å². The first-order valence-electron chi connectivity index (χ1n) is 9.03. The number of hydrogen-bond acceptors (Lipinski definition) is 5. The van der Waals surface area contributed by atoms with Crippen LogP contribution in [-0.2, 0) is 10.0 Å². The van der Waals surface area contributed by atoms with Gasteiger partial charge < -0.3 is 14.5 Å². The number of hydrogen-bond donors (Lipinski definition) is 2. The highest BCUT2D eigenvalue weighted by Crippen LogP contribution is 2.29. The maximum Gasteiger partial charge on any atom is 0.573 e. The number of ether oxygens (including phenoxy) is 2. The van der Waals surface area contributed by atoms with Crippen LogP contribution in [0.5, 0.6) is 11.8 Å². The lowest BCUT2D eigenvalue weighted by molar-refractivity contribution is -0.274. The highest BCUT2D eigenvalue weighted by Gasteiger charge is 2.31. The number of benzene rings is 1. The van der Waals surface area contributed by atoms with Crippen molar-refractivity contribution in [3.05, 3.63) is 18.2 Å². The number of H-pyrrole nitrogens is 1. The summed E-state index contributed by atoms with van der Waals surface area (Å²) in [4.78, 5) is 7.10. The SMILES string of the molecule is CCS(=O)(=O)NCC1CCC(Oc2nc3ccc(OC(F)(F)F)cc3[nH]2)CC1. The zero-order valence-electron chi connectivity index (χ0n) is 15.3. The Hall–Kier alpha value is -2.01. The fraction of sp³-hybridized carbons (Fsp3) is 0.588. The van der Waals surface area contributed by atoms with Gasteiger partial charge in [0.05, 0.1) is 16.8 Å². The molecule has 1 aliphatic rings. The largest absolute Gasteiger partial charge is 0.573 e. The molecular formula is C17H22F3N3O4S. The van der Waals surface area contributed by atoms with Crippen molar-refractivity contribution in [1.29, 1.82) is 0 Å².